The minimum Gasteiger partial charge on any atom is -0.474 e. The van der Waals surface area contributed by atoms with Crippen molar-refractivity contribution in [3.05, 3.63) is 41.3 Å². The second-order valence-corrected chi connectivity index (χ2v) is 3.40. The molecule has 0 amide bonds. The minimum atomic E-state index is -0.280. The second-order valence-electron chi connectivity index (χ2n) is 3.40. The van der Waals surface area contributed by atoms with Gasteiger partial charge in [-0.3, -0.25) is 9.36 Å². The number of pyridine rings is 1. The molecule has 0 aromatic carbocycles. The summed E-state index contributed by atoms with van der Waals surface area (Å²) < 4.78 is 6.73. The molecule has 2 rings (SSSR count). The Labute approximate surface area is 98.4 Å². The van der Waals surface area contributed by atoms with Gasteiger partial charge >= 0.3 is 5.56 Å². The van der Waals surface area contributed by atoms with Gasteiger partial charge in [-0.05, 0) is 19.1 Å². The second kappa shape index (κ2) is 4.78. The Kier molecular flexibility index (Phi) is 3.18. The molecule has 88 valence electrons. The highest BCUT2D eigenvalue weighted by Crippen LogP contribution is 2.10. The summed E-state index contributed by atoms with van der Waals surface area (Å²) in [6.45, 7) is 6.23. The van der Waals surface area contributed by atoms with Crippen molar-refractivity contribution in [3.8, 4) is 5.88 Å². The summed E-state index contributed by atoms with van der Waals surface area (Å²) in [5.41, 5.74) is 0.899. The van der Waals surface area contributed by atoms with Crippen LogP contribution in [0, 0.1) is 0 Å². The first-order chi connectivity index (χ1) is 8.27. The van der Waals surface area contributed by atoms with E-state index in [1.807, 2.05) is 6.92 Å². The molecule has 0 N–H and O–H groups in total. The van der Waals surface area contributed by atoms with Gasteiger partial charge in [-0.1, -0.05) is 6.08 Å². The summed E-state index contributed by atoms with van der Waals surface area (Å²) in [6.07, 6.45) is 3.27. The van der Waals surface area contributed by atoms with E-state index in [2.05, 4.69) is 16.5 Å². The SMILES string of the molecule is C=CCn1c(=O)c(OCC)nc2cccnc21. The summed E-state index contributed by atoms with van der Waals surface area (Å²) in [4.78, 5) is 20.4. The Morgan fingerprint density at radius 3 is 3.12 bits per heavy atom. The van der Waals surface area contributed by atoms with Crippen LogP contribution in [-0.2, 0) is 6.54 Å². The van der Waals surface area contributed by atoms with Crippen LogP contribution < -0.4 is 10.3 Å². The Bertz CT molecular complexity index is 604. The number of ether oxygens (including phenoxy) is 1. The first-order valence-corrected chi connectivity index (χ1v) is 5.37. The van der Waals surface area contributed by atoms with Crippen LogP contribution in [0.3, 0.4) is 0 Å². The van der Waals surface area contributed by atoms with Crippen molar-refractivity contribution in [2.75, 3.05) is 6.61 Å². The fraction of sp³-hybridized carbons (Fsp3) is 0.250. The topological polar surface area (TPSA) is 57.0 Å². The van der Waals surface area contributed by atoms with Gasteiger partial charge in [-0.2, -0.15) is 0 Å². The highest BCUT2D eigenvalue weighted by molar-refractivity contribution is 5.70. The monoisotopic (exact) mass is 231 g/mol. The molecular weight excluding hydrogens is 218 g/mol. The van der Waals surface area contributed by atoms with Crippen LogP contribution in [0.2, 0.25) is 0 Å². The van der Waals surface area contributed by atoms with Gasteiger partial charge in [0.15, 0.2) is 5.65 Å². The minimum absolute atomic E-state index is 0.106. The molecule has 0 saturated carbocycles. The predicted octanol–water partition coefficient (Wildman–Crippen LogP) is 1.38. The van der Waals surface area contributed by atoms with E-state index in [9.17, 15) is 4.79 Å². The molecule has 2 aromatic heterocycles. The summed E-state index contributed by atoms with van der Waals surface area (Å²) in [5.74, 6) is 0.106. The number of rotatable bonds is 4. The van der Waals surface area contributed by atoms with Gasteiger partial charge < -0.3 is 4.74 Å². The molecule has 0 fully saturated rings. The first kappa shape index (κ1) is 11.3. The highest BCUT2D eigenvalue weighted by atomic mass is 16.5. The zero-order valence-corrected chi connectivity index (χ0v) is 9.59. The van der Waals surface area contributed by atoms with Crippen LogP contribution in [0.5, 0.6) is 5.88 Å². The van der Waals surface area contributed by atoms with Crippen LogP contribution in [0.25, 0.3) is 11.2 Å². The van der Waals surface area contributed by atoms with Gasteiger partial charge in [0.25, 0.3) is 5.88 Å². The third-order valence-electron chi connectivity index (χ3n) is 2.26. The van der Waals surface area contributed by atoms with Crippen LogP contribution >= 0.6 is 0 Å². The Balaban J connectivity index is 2.75. The fourth-order valence-corrected chi connectivity index (χ4v) is 1.58. The van der Waals surface area contributed by atoms with E-state index < -0.39 is 0 Å². The number of allylic oxidation sites excluding steroid dienone is 1. The molecule has 2 heterocycles. The highest BCUT2D eigenvalue weighted by Gasteiger charge is 2.11. The average Bonchev–Trinajstić information content (AvgIpc) is 2.35. The van der Waals surface area contributed by atoms with Gasteiger partial charge in [0.05, 0.1) is 6.61 Å². The van der Waals surface area contributed by atoms with Gasteiger partial charge in [-0.15, -0.1) is 6.58 Å². The number of aromatic nitrogens is 3. The molecule has 0 aliphatic carbocycles. The summed E-state index contributed by atoms with van der Waals surface area (Å²) in [5, 5.41) is 0. The van der Waals surface area contributed by atoms with E-state index in [4.69, 9.17) is 4.74 Å². The Morgan fingerprint density at radius 2 is 2.41 bits per heavy atom. The maximum Gasteiger partial charge on any atom is 0.315 e. The molecular formula is C12H13N3O2. The molecule has 0 spiro atoms. The van der Waals surface area contributed by atoms with Crippen molar-refractivity contribution in [2.24, 2.45) is 0 Å². The van der Waals surface area contributed by atoms with Gasteiger partial charge in [0.1, 0.15) is 5.52 Å². The third kappa shape index (κ3) is 2.04. The zero-order valence-electron chi connectivity index (χ0n) is 9.59. The maximum absolute atomic E-state index is 12.1. The van der Waals surface area contributed by atoms with Crippen LogP contribution in [0.1, 0.15) is 6.92 Å². The predicted molar refractivity (Wildman–Crippen MR) is 65.2 cm³/mol. The van der Waals surface area contributed by atoms with Crippen LogP contribution in [0.4, 0.5) is 0 Å². The lowest BCUT2D eigenvalue weighted by atomic mass is 10.4. The normalized spacial score (nSPS) is 10.4. The van der Waals surface area contributed by atoms with Crippen molar-refractivity contribution >= 4 is 11.2 Å². The number of hydrogen-bond donors (Lipinski definition) is 0. The summed E-state index contributed by atoms with van der Waals surface area (Å²) >= 11 is 0. The molecule has 5 nitrogen and oxygen atoms in total. The van der Waals surface area contributed by atoms with Crippen LogP contribution in [-0.4, -0.2) is 21.1 Å². The number of nitrogens with zero attached hydrogens (tertiary/aromatic N) is 3. The lowest BCUT2D eigenvalue weighted by molar-refractivity contribution is 0.320. The van der Waals surface area contributed by atoms with Crippen molar-refractivity contribution < 1.29 is 4.74 Å². The molecule has 17 heavy (non-hydrogen) atoms. The Hall–Kier alpha value is -2.17. The van der Waals surface area contributed by atoms with Gasteiger partial charge in [0, 0.05) is 12.7 Å². The molecule has 0 bridgehead atoms. The standard InChI is InChI=1S/C12H13N3O2/c1-3-8-15-10-9(6-5-7-13-10)14-11(12(15)16)17-4-2/h3,5-7H,1,4,8H2,2H3. The van der Waals surface area contributed by atoms with E-state index in [0.29, 0.717) is 24.3 Å². The Morgan fingerprint density at radius 1 is 1.59 bits per heavy atom. The number of hydrogen-bond acceptors (Lipinski definition) is 4. The van der Waals surface area contributed by atoms with E-state index in [1.54, 1.807) is 24.4 Å². The van der Waals surface area contributed by atoms with Crippen molar-refractivity contribution in [2.45, 2.75) is 13.5 Å². The molecule has 0 atom stereocenters. The van der Waals surface area contributed by atoms with Crippen molar-refractivity contribution in [1.82, 2.24) is 14.5 Å². The first-order valence-electron chi connectivity index (χ1n) is 5.37. The summed E-state index contributed by atoms with van der Waals surface area (Å²) in [7, 11) is 0. The largest absolute Gasteiger partial charge is 0.474 e. The molecule has 0 radical (unpaired) electrons. The molecule has 0 aliphatic rings. The van der Waals surface area contributed by atoms with E-state index >= 15 is 0 Å². The van der Waals surface area contributed by atoms with Gasteiger partial charge in [0.2, 0.25) is 0 Å². The summed E-state index contributed by atoms with van der Waals surface area (Å²) in [6, 6.07) is 3.57. The number of fused-ring (bicyclic) bond motifs is 1. The van der Waals surface area contributed by atoms with E-state index in [-0.39, 0.29) is 11.4 Å². The molecule has 0 aliphatic heterocycles. The van der Waals surface area contributed by atoms with E-state index in [0.717, 1.165) is 0 Å². The zero-order chi connectivity index (χ0) is 12.3. The lowest BCUT2D eigenvalue weighted by Gasteiger charge is -2.09. The van der Waals surface area contributed by atoms with Crippen molar-refractivity contribution in [1.29, 1.82) is 0 Å². The van der Waals surface area contributed by atoms with E-state index in [1.165, 1.54) is 4.57 Å². The average molecular weight is 231 g/mol. The fourth-order valence-electron chi connectivity index (χ4n) is 1.58. The molecule has 0 unspecified atom stereocenters. The van der Waals surface area contributed by atoms with Crippen molar-refractivity contribution in [3.63, 3.8) is 0 Å². The van der Waals surface area contributed by atoms with Crippen LogP contribution in [0.15, 0.2) is 35.8 Å². The smallest absolute Gasteiger partial charge is 0.315 e. The lowest BCUT2D eigenvalue weighted by Crippen LogP contribution is -2.24. The third-order valence-corrected chi connectivity index (χ3v) is 2.26. The molecule has 2 aromatic rings. The molecule has 5 heteroatoms. The quantitative estimate of drug-likeness (QED) is 0.746. The maximum atomic E-state index is 12.1. The van der Waals surface area contributed by atoms with Gasteiger partial charge in [-0.25, -0.2) is 9.97 Å². The molecule has 0 saturated heterocycles.